The molecule has 9 atom stereocenters. The highest BCUT2D eigenvalue weighted by atomic mass is 19.3. The molecule has 0 bridgehead atoms. The maximum absolute atomic E-state index is 15.4. The first-order chi connectivity index (χ1) is 15.5. The predicted octanol–water partition coefficient (Wildman–Crippen LogP) is 8.12. The molecule has 0 heterocycles. The Morgan fingerprint density at radius 3 is 2.21 bits per heavy atom. The fraction of sp³-hybridized carbons (Fsp3) is 0.926. The van der Waals surface area contributed by atoms with Crippen molar-refractivity contribution in [2.24, 2.45) is 46.3 Å². The van der Waals surface area contributed by atoms with E-state index in [9.17, 15) is 22.7 Å². The van der Waals surface area contributed by atoms with Gasteiger partial charge in [-0.15, -0.1) is 0 Å². The molecule has 0 amide bonds. The van der Waals surface area contributed by atoms with Crippen molar-refractivity contribution in [2.75, 3.05) is 0 Å². The Hall–Kier alpha value is -0.720. The molecule has 34 heavy (non-hydrogen) atoms. The minimum Gasteiger partial charge on any atom is -0.354 e. The van der Waals surface area contributed by atoms with Gasteiger partial charge in [0.15, 0.2) is 6.17 Å². The molecule has 1 N–H and O–H groups in total. The summed E-state index contributed by atoms with van der Waals surface area (Å²) in [5.41, 5.74) is -3.28. The molecule has 0 saturated heterocycles. The normalized spacial score (nSPS) is 48.0. The molecule has 0 aliphatic heterocycles. The first-order valence-electron chi connectivity index (χ1n) is 13.1. The maximum Gasteiger partial charge on any atom is 0.371 e. The Kier molecular flexibility index (Phi) is 6.31. The number of alkyl halides is 6. The van der Waals surface area contributed by atoms with E-state index in [-0.39, 0.29) is 30.1 Å². The summed E-state index contributed by atoms with van der Waals surface area (Å²) >= 11 is 0. The van der Waals surface area contributed by atoms with Gasteiger partial charge in [-0.25, -0.2) is 8.78 Å². The number of rotatable bonds is 5. The summed E-state index contributed by atoms with van der Waals surface area (Å²) in [7, 11) is 0. The Morgan fingerprint density at radius 2 is 1.59 bits per heavy atom. The Bertz CT molecular complexity index is 822. The molecule has 196 valence electrons. The molecule has 0 radical (unpaired) electrons. The van der Waals surface area contributed by atoms with Gasteiger partial charge in [-0.1, -0.05) is 53.0 Å². The quantitative estimate of drug-likeness (QED) is 0.302. The number of allylic oxidation sites excluding steroid dienone is 1. The van der Waals surface area contributed by atoms with E-state index >= 15 is 8.78 Å². The van der Waals surface area contributed by atoms with Crippen molar-refractivity contribution in [1.29, 1.82) is 0 Å². The average molecular weight is 495 g/mol. The fourth-order valence-corrected chi connectivity index (χ4v) is 8.74. The zero-order chi connectivity index (χ0) is 25.5. The van der Waals surface area contributed by atoms with Gasteiger partial charge in [-0.2, -0.15) is 17.6 Å². The summed E-state index contributed by atoms with van der Waals surface area (Å²) in [5.74, 6) is -14.8. The van der Waals surface area contributed by atoms with Crippen LogP contribution in [0.3, 0.4) is 0 Å². The zero-order valence-electron chi connectivity index (χ0n) is 21.0. The Balaban J connectivity index is 1.65. The highest BCUT2D eigenvalue weighted by molar-refractivity contribution is 5.37. The molecule has 0 spiro atoms. The topological polar surface area (TPSA) is 20.2 Å². The number of hydrogen-bond donors (Lipinski definition) is 1. The summed E-state index contributed by atoms with van der Waals surface area (Å²) in [4.78, 5) is 0. The zero-order valence-corrected chi connectivity index (χ0v) is 21.0. The SMILES string of the molecule is CC(C)CCC[C@@H](C)[C@H]1CC[C@H]2[C@@H]3CC=C4C(F)[C@](O)(F)C(F)(F)C(F)(F)[C@]4(C)[C@H]3CC[C@]12C. The van der Waals surface area contributed by atoms with Crippen LogP contribution < -0.4 is 0 Å². The van der Waals surface area contributed by atoms with Crippen LogP contribution in [0.2, 0.25) is 0 Å². The minimum atomic E-state index is -5.52. The second kappa shape index (κ2) is 8.14. The average Bonchev–Trinajstić information content (AvgIpc) is 3.09. The van der Waals surface area contributed by atoms with Crippen LogP contribution in [0, 0.1) is 46.3 Å². The second-order valence-corrected chi connectivity index (χ2v) is 12.7. The third kappa shape index (κ3) is 3.23. The summed E-state index contributed by atoms with van der Waals surface area (Å²) in [6, 6.07) is 0. The van der Waals surface area contributed by atoms with E-state index in [1.54, 1.807) is 0 Å². The van der Waals surface area contributed by atoms with Crippen LogP contribution >= 0.6 is 0 Å². The van der Waals surface area contributed by atoms with Crippen molar-refractivity contribution in [1.82, 2.24) is 0 Å². The van der Waals surface area contributed by atoms with Crippen molar-refractivity contribution in [3.63, 3.8) is 0 Å². The molecule has 4 aliphatic rings. The van der Waals surface area contributed by atoms with Gasteiger partial charge in [0.2, 0.25) is 0 Å². The van der Waals surface area contributed by atoms with Gasteiger partial charge in [0.25, 0.3) is 0 Å². The highest BCUT2D eigenvalue weighted by Gasteiger charge is 2.85. The van der Waals surface area contributed by atoms with E-state index in [0.717, 1.165) is 32.6 Å². The lowest BCUT2D eigenvalue weighted by atomic mass is 9.45. The molecule has 0 aromatic rings. The standard InChI is InChI=1S/C27H40F6O/c1-15(2)7-6-8-16(3)18-11-12-19-17-9-10-21-22(28)25(29,34)27(32,33)26(30,31)24(21,5)20(17)13-14-23(18,19)4/h10,15-20,22,34H,6-9,11-14H2,1-5H3/t16-,17+,18-,19+,20+,22?,23-,24-,25-/m1/s1. The molecule has 1 nitrogen and oxygen atoms in total. The van der Waals surface area contributed by atoms with E-state index in [1.807, 2.05) is 0 Å². The van der Waals surface area contributed by atoms with Gasteiger partial charge < -0.3 is 5.11 Å². The van der Waals surface area contributed by atoms with E-state index < -0.39 is 40.8 Å². The van der Waals surface area contributed by atoms with Crippen molar-refractivity contribution in [3.05, 3.63) is 11.6 Å². The van der Waals surface area contributed by atoms with Crippen LogP contribution in [-0.2, 0) is 0 Å². The van der Waals surface area contributed by atoms with E-state index in [2.05, 4.69) is 27.7 Å². The Labute approximate surface area is 199 Å². The monoisotopic (exact) mass is 494 g/mol. The van der Waals surface area contributed by atoms with E-state index in [0.29, 0.717) is 24.2 Å². The summed E-state index contributed by atoms with van der Waals surface area (Å²) in [6.07, 6.45) is 4.49. The predicted molar refractivity (Wildman–Crippen MR) is 120 cm³/mol. The fourth-order valence-electron chi connectivity index (χ4n) is 8.74. The molecule has 0 aromatic carbocycles. The van der Waals surface area contributed by atoms with Gasteiger partial charge in [0.05, 0.1) is 5.41 Å². The molecular weight excluding hydrogens is 454 g/mol. The smallest absolute Gasteiger partial charge is 0.354 e. The van der Waals surface area contributed by atoms with Gasteiger partial charge in [-0.05, 0) is 85.5 Å². The molecular formula is C27H40F6O. The number of fused-ring (bicyclic) bond motifs is 5. The lowest BCUT2D eigenvalue weighted by molar-refractivity contribution is -0.396. The molecule has 1 unspecified atom stereocenters. The van der Waals surface area contributed by atoms with Crippen molar-refractivity contribution in [3.8, 4) is 0 Å². The molecule has 3 fully saturated rings. The van der Waals surface area contributed by atoms with Gasteiger partial charge in [0, 0.05) is 0 Å². The number of hydrogen-bond acceptors (Lipinski definition) is 1. The summed E-state index contributed by atoms with van der Waals surface area (Å²) in [6.45, 7) is 9.91. The van der Waals surface area contributed by atoms with Crippen LogP contribution in [0.4, 0.5) is 26.3 Å². The highest BCUT2D eigenvalue weighted by Crippen LogP contribution is 2.73. The van der Waals surface area contributed by atoms with Crippen molar-refractivity contribution >= 4 is 0 Å². The summed E-state index contributed by atoms with van der Waals surface area (Å²) < 4.78 is 89.4. The molecule has 4 rings (SSSR count). The lowest BCUT2D eigenvalue weighted by Crippen LogP contribution is -2.74. The van der Waals surface area contributed by atoms with Gasteiger partial charge in [0.1, 0.15) is 0 Å². The van der Waals surface area contributed by atoms with E-state index in [4.69, 9.17) is 0 Å². The first kappa shape index (κ1) is 26.3. The summed E-state index contributed by atoms with van der Waals surface area (Å²) in [5, 5.41) is 9.54. The van der Waals surface area contributed by atoms with Crippen LogP contribution in [0.1, 0.15) is 86.0 Å². The van der Waals surface area contributed by atoms with E-state index in [1.165, 1.54) is 12.5 Å². The lowest BCUT2D eigenvalue weighted by Gasteiger charge is -2.62. The second-order valence-electron chi connectivity index (χ2n) is 12.7. The minimum absolute atomic E-state index is 0.0669. The first-order valence-corrected chi connectivity index (χ1v) is 13.1. The molecule has 4 aliphatic carbocycles. The van der Waals surface area contributed by atoms with Crippen LogP contribution in [0.25, 0.3) is 0 Å². The largest absolute Gasteiger partial charge is 0.371 e. The molecule has 0 aromatic heterocycles. The van der Waals surface area contributed by atoms with Gasteiger partial charge in [-0.3, -0.25) is 0 Å². The Morgan fingerprint density at radius 1 is 0.941 bits per heavy atom. The number of halogens is 6. The maximum atomic E-state index is 15.4. The third-order valence-corrected chi connectivity index (χ3v) is 10.7. The molecule has 3 saturated carbocycles. The van der Waals surface area contributed by atoms with Crippen molar-refractivity contribution < 1.29 is 31.4 Å². The molecule has 7 heteroatoms. The van der Waals surface area contributed by atoms with Crippen LogP contribution in [-0.4, -0.2) is 29.0 Å². The van der Waals surface area contributed by atoms with Gasteiger partial charge >= 0.3 is 17.7 Å². The van der Waals surface area contributed by atoms with Crippen LogP contribution in [0.5, 0.6) is 0 Å². The van der Waals surface area contributed by atoms with Crippen molar-refractivity contribution in [2.45, 2.75) is 110 Å². The number of aliphatic hydroxyl groups is 1. The van der Waals surface area contributed by atoms with Crippen LogP contribution in [0.15, 0.2) is 11.6 Å². The third-order valence-electron chi connectivity index (χ3n) is 10.7.